The van der Waals surface area contributed by atoms with Gasteiger partial charge in [-0.25, -0.2) is 0 Å². The van der Waals surface area contributed by atoms with Gasteiger partial charge in [0.25, 0.3) is 11.8 Å². The smallest absolute Gasteiger partial charge is 0.257 e. The summed E-state index contributed by atoms with van der Waals surface area (Å²) < 4.78 is 0. The molecule has 0 bridgehead atoms. The number of anilines is 1. The largest absolute Gasteiger partial charge is 0.362 e. The molecule has 1 aromatic rings. The molecule has 0 saturated heterocycles. The van der Waals surface area contributed by atoms with Crippen LogP contribution in [0.3, 0.4) is 0 Å². The lowest BCUT2D eigenvalue weighted by molar-refractivity contribution is -0.132. The standard InChI is InChI=1S/C18H26N4O3/c1-18(2,3)17(25)19-11-15(23)20-21-16(24)12-22-10-6-8-13-7-4-5-9-14(13)22/h4-5,7,9H,6,8,10-12H2,1-3H3,(H,19,25)(H,20,23)(H,21,24). The average molecular weight is 346 g/mol. The summed E-state index contributed by atoms with van der Waals surface area (Å²) in [6, 6.07) is 8.02. The summed E-state index contributed by atoms with van der Waals surface area (Å²) in [6.45, 7) is 6.09. The van der Waals surface area contributed by atoms with Gasteiger partial charge < -0.3 is 10.2 Å². The SMILES string of the molecule is CC(C)(C)C(=O)NCC(=O)NNC(=O)CN1CCCc2ccccc21. The van der Waals surface area contributed by atoms with Gasteiger partial charge in [0, 0.05) is 17.6 Å². The summed E-state index contributed by atoms with van der Waals surface area (Å²) in [5.74, 6) is -0.990. The van der Waals surface area contributed by atoms with E-state index in [1.165, 1.54) is 5.56 Å². The molecule has 0 atom stereocenters. The molecular formula is C18H26N4O3. The molecule has 1 aromatic carbocycles. The van der Waals surface area contributed by atoms with Gasteiger partial charge in [-0.3, -0.25) is 25.2 Å². The third-order valence-corrected chi connectivity index (χ3v) is 3.97. The number of aryl methyl sites for hydroxylation is 1. The van der Waals surface area contributed by atoms with Gasteiger partial charge in [0.2, 0.25) is 5.91 Å². The molecule has 25 heavy (non-hydrogen) atoms. The number of hydrazine groups is 1. The number of carbonyl (C=O) groups is 3. The highest BCUT2D eigenvalue weighted by atomic mass is 16.2. The Kier molecular flexibility index (Phi) is 6.01. The molecule has 0 aromatic heterocycles. The molecular weight excluding hydrogens is 320 g/mol. The summed E-state index contributed by atoms with van der Waals surface area (Å²) in [7, 11) is 0. The predicted molar refractivity (Wildman–Crippen MR) is 95.7 cm³/mol. The van der Waals surface area contributed by atoms with Crippen molar-refractivity contribution in [3.8, 4) is 0 Å². The minimum Gasteiger partial charge on any atom is -0.362 e. The highest BCUT2D eigenvalue weighted by molar-refractivity contribution is 5.89. The normalized spacial score (nSPS) is 13.6. The number of hydrogen-bond acceptors (Lipinski definition) is 4. The molecule has 1 heterocycles. The maximum atomic E-state index is 12.1. The predicted octanol–water partition coefficient (Wildman–Crippen LogP) is 0.749. The lowest BCUT2D eigenvalue weighted by Gasteiger charge is -2.30. The van der Waals surface area contributed by atoms with Crippen LogP contribution in [-0.4, -0.2) is 37.4 Å². The number of nitrogens with one attached hydrogen (secondary N) is 3. The van der Waals surface area contributed by atoms with Crippen LogP contribution in [0, 0.1) is 5.41 Å². The van der Waals surface area contributed by atoms with Gasteiger partial charge in [0.05, 0.1) is 13.1 Å². The Morgan fingerprint density at radius 3 is 2.48 bits per heavy atom. The molecule has 3 amide bonds. The monoisotopic (exact) mass is 346 g/mol. The fourth-order valence-corrected chi connectivity index (χ4v) is 2.60. The van der Waals surface area contributed by atoms with Crippen molar-refractivity contribution in [2.75, 3.05) is 24.5 Å². The van der Waals surface area contributed by atoms with E-state index in [2.05, 4.69) is 22.2 Å². The second-order valence-corrected chi connectivity index (χ2v) is 7.18. The Labute approximate surface area is 148 Å². The fourth-order valence-electron chi connectivity index (χ4n) is 2.60. The summed E-state index contributed by atoms with van der Waals surface area (Å²) in [5, 5.41) is 2.53. The Hall–Kier alpha value is -2.57. The lowest BCUT2D eigenvalue weighted by atomic mass is 9.96. The summed E-state index contributed by atoms with van der Waals surface area (Å²) >= 11 is 0. The van der Waals surface area contributed by atoms with E-state index in [9.17, 15) is 14.4 Å². The highest BCUT2D eigenvalue weighted by Crippen LogP contribution is 2.26. The number of rotatable bonds is 4. The van der Waals surface area contributed by atoms with Crippen LogP contribution in [0.15, 0.2) is 24.3 Å². The van der Waals surface area contributed by atoms with Crippen molar-refractivity contribution >= 4 is 23.4 Å². The van der Waals surface area contributed by atoms with Crippen molar-refractivity contribution < 1.29 is 14.4 Å². The lowest BCUT2D eigenvalue weighted by Crippen LogP contribution is -2.50. The maximum absolute atomic E-state index is 12.1. The highest BCUT2D eigenvalue weighted by Gasteiger charge is 2.22. The first-order chi connectivity index (χ1) is 11.8. The van der Waals surface area contributed by atoms with Gasteiger partial charge in [-0.05, 0) is 24.5 Å². The number of fused-ring (bicyclic) bond motifs is 1. The van der Waals surface area contributed by atoms with Crippen LogP contribution in [0.4, 0.5) is 5.69 Å². The number of para-hydroxylation sites is 1. The summed E-state index contributed by atoms with van der Waals surface area (Å²) in [5.41, 5.74) is 6.44. The number of amides is 3. The molecule has 0 aliphatic carbocycles. The molecule has 3 N–H and O–H groups in total. The molecule has 7 heteroatoms. The molecule has 2 rings (SSSR count). The molecule has 136 valence electrons. The Bertz CT molecular complexity index is 652. The zero-order valence-electron chi connectivity index (χ0n) is 15.0. The van der Waals surface area contributed by atoms with E-state index in [4.69, 9.17) is 0 Å². The quantitative estimate of drug-likeness (QED) is 0.702. The molecule has 7 nitrogen and oxygen atoms in total. The summed E-state index contributed by atoms with van der Waals surface area (Å²) in [4.78, 5) is 37.5. The van der Waals surface area contributed by atoms with Crippen LogP contribution < -0.4 is 21.1 Å². The molecule has 0 spiro atoms. The zero-order chi connectivity index (χ0) is 18.4. The van der Waals surface area contributed by atoms with Gasteiger partial charge in [-0.2, -0.15) is 0 Å². The van der Waals surface area contributed by atoms with Gasteiger partial charge in [-0.1, -0.05) is 39.0 Å². The van der Waals surface area contributed by atoms with Crippen LogP contribution in [0.2, 0.25) is 0 Å². The maximum Gasteiger partial charge on any atom is 0.257 e. The van der Waals surface area contributed by atoms with Crippen LogP contribution in [0.1, 0.15) is 32.8 Å². The van der Waals surface area contributed by atoms with E-state index < -0.39 is 11.3 Å². The third-order valence-electron chi connectivity index (χ3n) is 3.97. The minimum atomic E-state index is -0.564. The summed E-state index contributed by atoms with van der Waals surface area (Å²) in [6.07, 6.45) is 2.01. The van der Waals surface area contributed by atoms with Crippen LogP contribution in [-0.2, 0) is 20.8 Å². The topological polar surface area (TPSA) is 90.5 Å². The van der Waals surface area contributed by atoms with Gasteiger partial charge in [0.15, 0.2) is 0 Å². The van der Waals surface area contributed by atoms with Crippen molar-refractivity contribution in [1.82, 2.24) is 16.2 Å². The van der Waals surface area contributed by atoms with E-state index in [0.29, 0.717) is 0 Å². The fraction of sp³-hybridized carbons (Fsp3) is 0.500. The van der Waals surface area contributed by atoms with Gasteiger partial charge in [0.1, 0.15) is 0 Å². The molecule has 1 aliphatic heterocycles. The first-order valence-corrected chi connectivity index (χ1v) is 8.46. The number of hydrogen-bond donors (Lipinski definition) is 3. The first-order valence-electron chi connectivity index (χ1n) is 8.46. The second kappa shape index (κ2) is 8.00. The van der Waals surface area contributed by atoms with E-state index in [1.807, 2.05) is 23.1 Å². The van der Waals surface area contributed by atoms with Gasteiger partial charge >= 0.3 is 0 Å². The first kappa shape index (κ1) is 18.8. The van der Waals surface area contributed by atoms with E-state index in [1.54, 1.807) is 20.8 Å². The number of nitrogens with zero attached hydrogens (tertiary/aromatic N) is 1. The zero-order valence-corrected chi connectivity index (χ0v) is 15.0. The Balaban J connectivity index is 1.76. The van der Waals surface area contributed by atoms with Crippen molar-refractivity contribution in [3.63, 3.8) is 0 Å². The van der Waals surface area contributed by atoms with Crippen molar-refractivity contribution in [1.29, 1.82) is 0 Å². The Morgan fingerprint density at radius 1 is 1.08 bits per heavy atom. The second-order valence-electron chi connectivity index (χ2n) is 7.18. The van der Waals surface area contributed by atoms with Crippen molar-refractivity contribution in [3.05, 3.63) is 29.8 Å². The van der Waals surface area contributed by atoms with Gasteiger partial charge in [-0.15, -0.1) is 0 Å². The van der Waals surface area contributed by atoms with E-state index in [0.717, 1.165) is 25.1 Å². The number of carbonyl (C=O) groups excluding carboxylic acids is 3. The van der Waals surface area contributed by atoms with Crippen LogP contribution in [0.25, 0.3) is 0 Å². The van der Waals surface area contributed by atoms with Crippen molar-refractivity contribution in [2.45, 2.75) is 33.6 Å². The molecule has 0 radical (unpaired) electrons. The molecule has 0 saturated carbocycles. The van der Waals surface area contributed by atoms with Crippen molar-refractivity contribution in [2.24, 2.45) is 5.41 Å². The average Bonchev–Trinajstić information content (AvgIpc) is 2.57. The van der Waals surface area contributed by atoms with E-state index in [-0.39, 0.29) is 24.9 Å². The van der Waals surface area contributed by atoms with Crippen LogP contribution in [0.5, 0.6) is 0 Å². The Morgan fingerprint density at radius 2 is 1.76 bits per heavy atom. The molecule has 0 unspecified atom stereocenters. The van der Waals surface area contributed by atoms with E-state index >= 15 is 0 Å². The molecule has 0 fully saturated rings. The minimum absolute atomic E-state index is 0.172. The third kappa shape index (κ3) is 5.48. The number of benzene rings is 1. The van der Waals surface area contributed by atoms with Crippen LogP contribution >= 0.6 is 0 Å². The molecule has 1 aliphatic rings.